The van der Waals surface area contributed by atoms with Gasteiger partial charge in [-0.05, 0) is 55.5 Å². The quantitative estimate of drug-likeness (QED) is 0.928. The topological polar surface area (TPSA) is 58.2 Å². The maximum absolute atomic E-state index is 12.9. The standard InChI is InChI=1S/C18H21N3O2/c22-18(14-5-6-17-13(11-14)4-2-10-23-17)21-9-1-3-15(12-21)16-7-8-19-20-16/h5-8,11,15H,1-4,9-10,12H2,(H,19,20)/t15-/m1/s1. The Bertz CT molecular complexity index is 696. The molecule has 0 spiro atoms. The number of H-pyrrole nitrogens is 1. The van der Waals surface area contributed by atoms with E-state index in [4.69, 9.17) is 4.74 Å². The fourth-order valence-electron chi connectivity index (χ4n) is 3.59. The first-order chi connectivity index (χ1) is 11.3. The van der Waals surface area contributed by atoms with Crippen LogP contribution in [0, 0.1) is 0 Å². The second-order valence-electron chi connectivity index (χ2n) is 6.38. The molecule has 5 heteroatoms. The van der Waals surface area contributed by atoms with E-state index in [0.717, 1.165) is 68.0 Å². The van der Waals surface area contributed by atoms with Crippen molar-refractivity contribution in [2.45, 2.75) is 31.6 Å². The molecule has 1 N–H and O–H groups in total. The Morgan fingerprint density at radius 1 is 1.30 bits per heavy atom. The second-order valence-corrected chi connectivity index (χ2v) is 6.38. The molecule has 1 amide bonds. The smallest absolute Gasteiger partial charge is 0.253 e. The minimum Gasteiger partial charge on any atom is -0.493 e. The zero-order valence-corrected chi connectivity index (χ0v) is 13.1. The Labute approximate surface area is 135 Å². The first-order valence-corrected chi connectivity index (χ1v) is 8.35. The SMILES string of the molecule is O=C(c1ccc2c(c1)CCCO2)N1CCC[C@@H](c2ccn[nH]2)C1. The van der Waals surface area contributed by atoms with Gasteiger partial charge in [0, 0.05) is 36.5 Å². The average molecular weight is 311 g/mol. The number of rotatable bonds is 2. The summed E-state index contributed by atoms with van der Waals surface area (Å²) in [5, 5.41) is 7.07. The fraction of sp³-hybridized carbons (Fsp3) is 0.444. The highest BCUT2D eigenvalue weighted by Gasteiger charge is 2.26. The number of hydrogen-bond donors (Lipinski definition) is 1. The lowest BCUT2D eigenvalue weighted by molar-refractivity contribution is 0.0705. The molecule has 1 saturated heterocycles. The van der Waals surface area contributed by atoms with Crippen molar-refractivity contribution in [3.05, 3.63) is 47.3 Å². The van der Waals surface area contributed by atoms with Crippen LogP contribution < -0.4 is 4.74 Å². The first-order valence-electron chi connectivity index (χ1n) is 8.35. The number of aromatic nitrogens is 2. The van der Waals surface area contributed by atoms with Crippen molar-refractivity contribution in [3.8, 4) is 5.75 Å². The number of amides is 1. The summed E-state index contributed by atoms with van der Waals surface area (Å²) in [6, 6.07) is 7.86. The summed E-state index contributed by atoms with van der Waals surface area (Å²) in [7, 11) is 0. The Kier molecular flexibility index (Phi) is 3.77. The molecule has 4 rings (SSSR count). The van der Waals surface area contributed by atoms with Gasteiger partial charge in [-0.25, -0.2) is 0 Å². The Hall–Kier alpha value is -2.30. The van der Waals surface area contributed by atoms with Crippen LogP contribution in [0.3, 0.4) is 0 Å². The number of likely N-dealkylation sites (tertiary alicyclic amines) is 1. The van der Waals surface area contributed by atoms with E-state index in [1.54, 1.807) is 6.20 Å². The molecule has 5 nitrogen and oxygen atoms in total. The van der Waals surface area contributed by atoms with E-state index in [2.05, 4.69) is 10.2 Å². The number of carbonyl (C=O) groups excluding carboxylic acids is 1. The number of fused-ring (bicyclic) bond motifs is 1. The highest BCUT2D eigenvalue weighted by atomic mass is 16.5. The highest BCUT2D eigenvalue weighted by Crippen LogP contribution is 2.29. The van der Waals surface area contributed by atoms with Gasteiger partial charge >= 0.3 is 0 Å². The minimum absolute atomic E-state index is 0.127. The zero-order valence-electron chi connectivity index (χ0n) is 13.1. The minimum atomic E-state index is 0.127. The number of hydrogen-bond acceptors (Lipinski definition) is 3. The van der Waals surface area contributed by atoms with Gasteiger partial charge in [0.2, 0.25) is 0 Å². The van der Waals surface area contributed by atoms with Crippen LogP contribution in [0.5, 0.6) is 5.75 Å². The molecule has 23 heavy (non-hydrogen) atoms. The van der Waals surface area contributed by atoms with Gasteiger partial charge in [0.15, 0.2) is 0 Å². The van der Waals surface area contributed by atoms with Crippen LogP contribution in [-0.2, 0) is 6.42 Å². The molecule has 1 aromatic carbocycles. The van der Waals surface area contributed by atoms with Crippen molar-refractivity contribution in [1.82, 2.24) is 15.1 Å². The predicted octanol–water partition coefficient (Wildman–Crippen LogP) is 2.75. The third kappa shape index (κ3) is 2.83. The number of piperidine rings is 1. The maximum atomic E-state index is 12.9. The molecule has 120 valence electrons. The first kappa shape index (κ1) is 14.3. The monoisotopic (exact) mass is 311 g/mol. The lowest BCUT2D eigenvalue weighted by atomic mass is 9.94. The van der Waals surface area contributed by atoms with Gasteiger partial charge in [-0.3, -0.25) is 9.89 Å². The summed E-state index contributed by atoms with van der Waals surface area (Å²) in [4.78, 5) is 14.8. The molecule has 2 aromatic rings. The van der Waals surface area contributed by atoms with E-state index < -0.39 is 0 Å². The lowest BCUT2D eigenvalue weighted by Gasteiger charge is -2.32. The summed E-state index contributed by atoms with van der Waals surface area (Å²) >= 11 is 0. The molecule has 0 saturated carbocycles. The van der Waals surface area contributed by atoms with Gasteiger partial charge in [-0.1, -0.05) is 0 Å². The van der Waals surface area contributed by atoms with Crippen LogP contribution in [0.25, 0.3) is 0 Å². The van der Waals surface area contributed by atoms with Crippen LogP contribution in [0.1, 0.15) is 46.8 Å². The molecular formula is C18H21N3O2. The van der Waals surface area contributed by atoms with Crippen LogP contribution >= 0.6 is 0 Å². The number of aryl methyl sites for hydroxylation is 1. The number of ether oxygens (including phenoxy) is 1. The summed E-state index contributed by atoms with van der Waals surface area (Å²) in [6.45, 7) is 2.37. The van der Waals surface area contributed by atoms with Crippen LogP contribution in [-0.4, -0.2) is 40.7 Å². The number of nitrogens with one attached hydrogen (secondary N) is 1. The van der Waals surface area contributed by atoms with Gasteiger partial charge < -0.3 is 9.64 Å². The molecule has 2 aliphatic rings. The zero-order chi connectivity index (χ0) is 15.6. The maximum Gasteiger partial charge on any atom is 0.253 e. The van der Waals surface area contributed by atoms with Gasteiger partial charge in [0.25, 0.3) is 5.91 Å². The molecule has 1 fully saturated rings. The molecule has 0 bridgehead atoms. The van der Waals surface area contributed by atoms with E-state index >= 15 is 0 Å². The number of aromatic amines is 1. The molecule has 1 atom stereocenters. The van der Waals surface area contributed by atoms with Gasteiger partial charge in [0.1, 0.15) is 5.75 Å². The molecule has 3 heterocycles. The van der Waals surface area contributed by atoms with E-state index in [1.165, 1.54) is 0 Å². The van der Waals surface area contributed by atoms with Crippen molar-refractivity contribution in [1.29, 1.82) is 0 Å². The summed E-state index contributed by atoms with van der Waals surface area (Å²) in [5.74, 6) is 1.42. The third-order valence-corrected chi connectivity index (χ3v) is 4.83. The van der Waals surface area contributed by atoms with E-state index in [1.807, 2.05) is 29.2 Å². The molecule has 0 unspecified atom stereocenters. The summed E-state index contributed by atoms with van der Waals surface area (Å²) in [5.41, 5.74) is 3.06. The molecule has 1 aromatic heterocycles. The van der Waals surface area contributed by atoms with E-state index in [9.17, 15) is 4.79 Å². The van der Waals surface area contributed by atoms with Crippen LogP contribution in [0.15, 0.2) is 30.5 Å². The van der Waals surface area contributed by atoms with Crippen molar-refractivity contribution in [2.75, 3.05) is 19.7 Å². The van der Waals surface area contributed by atoms with E-state index in [-0.39, 0.29) is 5.91 Å². The van der Waals surface area contributed by atoms with Crippen LogP contribution in [0.2, 0.25) is 0 Å². The second kappa shape index (κ2) is 6.07. The third-order valence-electron chi connectivity index (χ3n) is 4.83. The van der Waals surface area contributed by atoms with Crippen molar-refractivity contribution >= 4 is 5.91 Å². The number of nitrogens with zero attached hydrogens (tertiary/aromatic N) is 2. The van der Waals surface area contributed by atoms with Crippen molar-refractivity contribution < 1.29 is 9.53 Å². The molecule has 0 radical (unpaired) electrons. The number of benzene rings is 1. The Morgan fingerprint density at radius 3 is 3.13 bits per heavy atom. The number of carbonyl (C=O) groups is 1. The van der Waals surface area contributed by atoms with Gasteiger partial charge in [0.05, 0.1) is 6.61 Å². The van der Waals surface area contributed by atoms with E-state index in [0.29, 0.717) is 5.92 Å². The molecule has 2 aliphatic heterocycles. The lowest BCUT2D eigenvalue weighted by Crippen LogP contribution is -2.39. The predicted molar refractivity (Wildman–Crippen MR) is 86.7 cm³/mol. The molecular weight excluding hydrogens is 290 g/mol. The van der Waals surface area contributed by atoms with Crippen LogP contribution in [0.4, 0.5) is 0 Å². The summed E-state index contributed by atoms with van der Waals surface area (Å²) < 4.78 is 5.63. The summed E-state index contributed by atoms with van der Waals surface area (Å²) in [6.07, 6.45) is 5.93. The van der Waals surface area contributed by atoms with Crippen molar-refractivity contribution in [2.24, 2.45) is 0 Å². The highest BCUT2D eigenvalue weighted by molar-refractivity contribution is 5.94. The average Bonchev–Trinajstić information content (AvgIpc) is 3.15. The fourth-order valence-corrected chi connectivity index (χ4v) is 3.59. The Morgan fingerprint density at radius 2 is 2.26 bits per heavy atom. The van der Waals surface area contributed by atoms with Crippen molar-refractivity contribution in [3.63, 3.8) is 0 Å². The normalized spacial score (nSPS) is 20.7. The largest absolute Gasteiger partial charge is 0.493 e. The molecule has 0 aliphatic carbocycles. The van der Waals surface area contributed by atoms with Gasteiger partial charge in [-0.15, -0.1) is 0 Å². The van der Waals surface area contributed by atoms with Gasteiger partial charge in [-0.2, -0.15) is 5.10 Å². The Balaban J connectivity index is 1.52.